The van der Waals surface area contributed by atoms with E-state index in [1.807, 2.05) is 20.8 Å². The van der Waals surface area contributed by atoms with Gasteiger partial charge in [0, 0.05) is 31.6 Å². The van der Waals surface area contributed by atoms with Crippen molar-refractivity contribution in [2.75, 3.05) is 43.2 Å². The highest BCUT2D eigenvalue weighted by atomic mass is 16.6. The third kappa shape index (κ3) is 4.69. The van der Waals surface area contributed by atoms with E-state index in [1.54, 1.807) is 29.2 Å². The molecule has 0 aliphatic carbocycles. The summed E-state index contributed by atoms with van der Waals surface area (Å²) in [6.45, 7) is 7.21. The van der Waals surface area contributed by atoms with E-state index in [-0.39, 0.29) is 18.6 Å². The molecule has 0 bridgehead atoms. The Kier molecular flexibility index (Phi) is 8.21. The number of hydrogen-bond donors (Lipinski definition) is 1. The van der Waals surface area contributed by atoms with Gasteiger partial charge in [-0.2, -0.15) is 0 Å². The summed E-state index contributed by atoms with van der Waals surface area (Å²) in [4.78, 5) is 26.9. The number of likely N-dealkylation sites (N-methyl/N-ethyl adjacent to an activating group) is 1. The van der Waals surface area contributed by atoms with E-state index in [0.29, 0.717) is 19.6 Å². The maximum atomic E-state index is 12.0. The Labute approximate surface area is 143 Å². The molecule has 7 heteroatoms. The van der Waals surface area contributed by atoms with Gasteiger partial charge in [0.05, 0.1) is 6.54 Å². The van der Waals surface area contributed by atoms with E-state index in [4.69, 9.17) is 15.2 Å². The molecule has 134 valence electrons. The van der Waals surface area contributed by atoms with Crippen LogP contribution in [-0.2, 0) is 14.3 Å². The summed E-state index contributed by atoms with van der Waals surface area (Å²) in [5.41, 5.74) is 7.00. The molecule has 2 rings (SSSR count). The van der Waals surface area contributed by atoms with E-state index < -0.39 is 6.09 Å². The van der Waals surface area contributed by atoms with Gasteiger partial charge in [0.2, 0.25) is 0 Å². The maximum absolute atomic E-state index is 12.0. The molecule has 1 aliphatic heterocycles. The van der Waals surface area contributed by atoms with Gasteiger partial charge in [-0.05, 0) is 31.2 Å². The van der Waals surface area contributed by atoms with Gasteiger partial charge >= 0.3 is 6.09 Å². The Morgan fingerprint density at radius 2 is 2.00 bits per heavy atom. The highest BCUT2D eigenvalue weighted by Crippen LogP contribution is 2.24. The molecule has 0 saturated carbocycles. The minimum atomic E-state index is -0.397. The molecule has 1 aromatic rings. The fourth-order valence-corrected chi connectivity index (χ4v) is 2.37. The first-order valence-corrected chi connectivity index (χ1v) is 8.18. The lowest BCUT2D eigenvalue weighted by Gasteiger charge is -2.21. The predicted molar refractivity (Wildman–Crippen MR) is 94.4 cm³/mol. The van der Waals surface area contributed by atoms with Crippen LogP contribution in [0.5, 0.6) is 0 Å². The lowest BCUT2D eigenvalue weighted by Crippen LogP contribution is -2.33. The van der Waals surface area contributed by atoms with Crippen LogP contribution in [0.4, 0.5) is 16.2 Å². The Balaban J connectivity index is 0.00000139. The number of nitrogens with two attached hydrogens (primary N) is 1. The molecule has 2 N–H and O–H groups in total. The van der Waals surface area contributed by atoms with E-state index in [2.05, 4.69) is 0 Å². The van der Waals surface area contributed by atoms with Crippen LogP contribution in [0.2, 0.25) is 0 Å². The second-order valence-corrected chi connectivity index (χ2v) is 4.94. The molecule has 1 unspecified atom stereocenters. The summed E-state index contributed by atoms with van der Waals surface area (Å²) in [6, 6.07) is 7.18. The molecule has 0 radical (unpaired) electrons. The normalized spacial score (nSPS) is 16.3. The molecule has 1 aromatic carbocycles. The van der Waals surface area contributed by atoms with Crippen molar-refractivity contribution in [3.8, 4) is 0 Å². The first-order valence-electron chi connectivity index (χ1n) is 8.18. The van der Waals surface area contributed by atoms with Gasteiger partial charge in [-0.1, -0.05) is 13.8 Å². The maximum Gasteiger partial charge on any atom is 0.414 e. The Morgan fingerprint density at radius 1 is 1.38 bits per heavy atom. The smallest absolute Gasteiger partial charge is 0.414 e. The van der Waals surface area contributed by atoms with Gasteiger partial charge < -0.3 is 20.1 Å². The highest BCUT2D eigenvalue weighted by molar-refractivity contribution is 5.95. The van der Waals surface area contributed by atoms with Crippen LogP contribution in [0.3, 0.4) is 0 Å². The lowest BCUT2D eigenvalue weighted by molar-refractivity contribution is -0.122. The van der Waals surface area contributed by atoms with Gasteiger partial charge in [-0.25, -0.2) is 4.79 Å². The quantitative estimate of drug-likeness (QED) is 0.858. The molecule has 0 aromatic heterocycles. The van der Waals surface area contributed by atoms with Gasteiger partial charge in [0.25, 0.3) is 5.91 Å². The first-order chi connectivity index (χ1) is 11.6. The average Bonchev–Trinajstić information content (AvgIpc) is 2.99. The van der Waals surface area contributed by atoms with Gasteiger partial charge in [0.1, 0.15) is 12.7 Å². The summed E-state index contributed by atoms with van der Waals surface area (Å²) >= 11 is 0. The molecule has 24 heavy (non-hydrogen) atoms. The molecular formula is C17H27N3O4. The first kappa shape index (κ1) is 19.9. The summed E-state index contributed by atoms with van der Waals surface area (Å²) in [5.74, 6) is -0.110. The second-order valence-electron chi connectivity index (χ2n) is 4.94. The Hall–Kier alpha value is -2.12. The summed E-state index contributed by atoms with van der Waals surface area (Å²) in [6.07, 6.45) is -0.673. The van der Waals surface area contributed by atoms with Crippen molar-refractivity contribution in [1.29, 1.82) is 0 Å². The number of ether oxygens (including phenoxy) is 2. The fourth-order valence-electron chi connectivity index (χ4n) is 2.37. The molecule has 1 aliphatic rings. The van der Waals surface area contributed by atoms with Crippen molar-refractivity contribution < 1.29 is 19.1 Å². The standard InChI is InChI=1S/C15H21N3O4.C2H6/c1-3-17(14(19)10-21-2)11-4-6-12(7-5-11)18-9-13(8-16)22-15(18)20;1-2/h4-7,13H,3,8-10,16H2,1-2H3;1-2H3. The predicted octanol–water partition coefficient (Wildman–Crippen LogP) is 2.00. The van der Waals surface area contributed by atoms with Crippen LogP contribution < -0.4 is 15.5 Å². The van der Waals surface area contributed by atoms with Crippen molar-refractivity contribution in [2.45, 2.75) is 26.9 Å². The molecule has 1 fully saturated rings. The zero-order valence-corrected chi connectivity index (χ0v) is 14.8. The van der Waals surface area contributed by atoms with E-state index in [0.717, 1.165) is 11.4 Å². The zero-order valence-electron chi connectivity index (χ0n) is 14.8. The third-order valence-corrected chi connectivity index (χ3v) is 3.50. The molecule has 7 nitrogen and oxygen atoms in total. The minimum absolute atomic E-state index is 0.0340. The van der Waals surface area contributed by atoms with Crippen molar-refractivity contribution in [3.05, 3.63) is 24.3 Å². The van der Waals surface area contributed by atoms with Crippen LogP contribution in [0.25, 0.3) is 0 Å². The van der Waals surface area contributed by atoms with Gasteiger partial charge in [0.15, 0.2) is 0 Å². The van der Waals surface area contributed by atoms with Gasteiger partial charge in [-0.15, -0.1) is 0 Å². The number of methoxy groups -OCH3 is 1. The number of rotatable bonds is 6. The molecular weight excluding hydrogens is 310 g/mol. The summed E-state index contributed by atoms with van der Waals surface area (Å²) in [5, 5.41) is 0. The number of cyclic esters (lactones) is 1. The lowest BCUT2D eigenvalue weighted by atomic mass is 10.2. The van der Waals surface area contributed by atoms with Crippen molar-refractivity contribution in [1.82, 2.24) is 0 Å². The summed E-state index contributed by atoms with van der Waals surface area (Å²) < 4.78 is 10.0. The largest absolute Gasteiger partial charge is 0.443 e. The minimum Gasteiger partial charge on any atom is -0.443 e. The van der Waals surface area contributed by atoms with Crippen LogP contribution in [0.1, 0.15) is 20.8 Å². The van der Waals surface area contributed by atoms with Crippen molar-refractivity contribution in [2.24, 2.45) is 5.73 Å². The highest BCUT2D eigenvalue weighted by Gasteiger charge is 2.31. The molecule has 2 amide bonds. The molecule has 1 atom stereocenters. The monoisotopic (exact) mass is 337 g/mol. The van der Waals surface area contributed by atoms with Crippen LogP contribution in [0, 0.1) is 0 Å². The second kappa shape index (κ2) is 9.89. The van der Waals surface area contributed by atoms with Crippen molar-refractivity contribution >= 4 is 23.4 Å². The summed E-state index contributed by atoms with van der Waals surface area (Å²) in [7, 11) is 1.49. The number of nitrogens with zero attached hydrogens (tertiary/aromatic N) is 2. The molecule has 0 spiro atoms. The molecule has 1 heterocycles. The van der Waals surface area contributed by atoms with E-state index in [1.165, 1.54) is 12.0 Å². The van der Waals surface area contributed by atoms with Crippen LogP contribution >= 0.6 is 0 Å². The topological polar surface area (TPSA) is 85.1 Å². The number of carbonyl (C=O) groups excluding carboxylic acids is 2. The fraction of sp³-hybridized carbons (Fsp3) is 0.529. The number of carbonyl (C=O) groups is 2. The Bertz CT molecular complexity index is 512. The number of hydrogen-bond acceptors (Lipinski definition) is 5. The number of benzene rings is 1. The average molecular weight is 337 g/mol. The zero-order chi connectivity index (χ0) is 18.1. The van der Waals surface area contributed by atoms with Crippen molar-refractivity contribution in [3.63, 3.8) is 0 Å². The third-order valence-electron chi connectivity index (χ3n) is 3.50. The van der Waals surface area contributed by atoms with E-state index >= 15 is 0 Å². The molecule has 1 saturated heterocycles. The SMILES string of the molecule is CC.CCN(C(=O)COC)c1ccc(N2CC(CN)OC2=O)cc1. The Morgan fingerprint density at radius 3 is 2.46 bits per heavy atom. The van der Waals surface area contributed by atoms with Crippen LogP contribution in [-0.4, -0.2) is 51.5 Å². The number of amides is 2. The van der Waals surface area contributed by atoms with E-state index in [9.17, 15) is 9.59 Å². The van der Waals surface area contributed by atoms with Gasteiger partial charge in [-0.3, -0.25) is 9.69 Å². The number of anilines is 2. The van der Waals surface area contributed by atoms with Crippen LogP contribution in [0.15, 0.2) is 24.3 Å².